The quantitative estimate of drug-likeness (QED) is 0.230. The van der Waals surface area contributed by atoms with E-state index in [0.29, 0.717) is 41.2 Å². The highest BCUT2D eigenvalue weighted by Crippen LogP contribution is 2.22. The molecule has 0 atom stereocenters. The zero-order valence-electron chi connectivity index (χ0n) is 14.4. The number of halogens is 3. The van der Waals surface area contributed by atoms with Crippen molar-refractivity contribution in [3.05, 3.63) is 55.7 Å². The van der Waals surface area contributed by atoms with Crippen LogP contribution in [-0.4, -0.2) is 32.0 Å². The average molecular weight is 527 g/mol. The fourth-order valence-electron chi connectivity index (χ4n) is 2.07. The lowest BCUT2D eigenvalue weighted by Crippen LogP contribution is -2.41. The fraction of sp³-hybridized carbons (Fsp3) is 0.294. The molecular weight excluding hydrogens is 506 g/mol. The highest BCUT2D eigenvalue weighted by Gasteiger charge is 2.07. The first kappa shape index (κ1) is 23.0. The van der Waals surface area contributed by atoms with Gasteiger partial charge in [0.25, 0.3) is 5.91 Å². The molecular formula is C17H21Cl2IN4OS. The van der Waals surface area contributed by atoms with Crippen LogP contribution in [0.4, 0.5) is 0 Å². The van der Waals surface area contributed by atoms with Crippen molar-refractivity contribution in [3.8, 4) is 0 Å². The van der Waals surface area contributed by atoms with Crippen molar-refractivity contribution in [3.63, 3.8) is 0 Å². The van der Waals surface area contributed by atoms with Crippen LogP contribution in [0.1, 0.15) is 20.1 Å². The molecule has 0 aliphatic carbocycles. The average Bonchev–Trinajstić information content (AvgIpc) is 3.01. The summed E-state index contributed by atoms with van der Waals surface area (Å²) < 4.78 is 0. The first-order valence-electron chi connectivity index (χ1n) is 7.72. The largest absolute Gasteiger partial charge is 0.355 e. The lowest BCUT2D eigenvalue weighted by molar-refractivity contribution is 0.0954. The first-order chi connectivity index (χ1) is 12.0. The van der Waals surface area contributed by atoms with Crippen molar-refractivity contribution in [1.82, 2.24) is 16.0 Å². The van der Waals surface area contributed by atoms with E-state index in [-0.39, 0.29) is 29.9 Å². The van der Waals surface area contributed by atoms with Crippen LogP contribution >= 0.6 is 58.5 Å². The Labute approximate surface area is 184 Å². The molecule has 26 heavy (non-hydrogen) atoms. The van der Waals surface area contributed by atoms with Crippen molar-refractivity contribution in [2.24, 2.45) is 4.99 Å². The molecule has 1 aromatic heterocycles. The fourth-order valence-corrected chi connectivity index (χ4v) is 3.20. The molecule has 0 aliphatic heterocycles. The van der Waals surface area contributed by atoms with Gasteiger partial charge in [-0.2, -0.15) is 0 Å². The summed E-state index contributed by atoms with van der Waals surface area (Å²) in [6, 6.07) is 8.99. The Balaban J connectivity index is 0.00000338. The molecule has 0 radical (unpaired) electrons. The lowest BCUT2D eigenvalue weighted by atomic mass is 10.2. The summed E-state index contributed by atoms with van der Waals surface area (Å²) in [6.45, 7) is 3.81. The van der Waals surface area contributed by atoms with E-state index in [2.05, 4.69) is 40.0 Å². The molecule has 0 saturated carbocycles. The van der Waals surface area contributed by atoms with Crippen molar-refractivity contribution in [2.45, 2.75) is 13.5 Å². The van der Waals surface area contributed by atoms with Gasteiger partial charge in [0, 0.05) is 35.5 Å². The van der Waals surface area contributed by atoms with E-state index in [1.807, 2.05) is 0 Å². The van der Waals surface area contributed by atoms with E-state index in [0.717, 1.165) is 0 Å². The Hall–Kier alpha value is -1.03. The summed E-state index contributed by atoms with van der Waals surface area (Å²) in [5.41, 5.74) is 0.477. The number of guanidine groups is 1. The van der Waals surface area contributed by atoms with Gasteiger partial charge < -0.3 is 16.0 Å². The lowest BCUT2D eigenvalue weighted by Gasteiger charge is -2.12. The molecule has 1 heterocycles. The summed E-state index contributed by atoms with van der Waals surface area (Å²) in [4.78, 5) is 18.7. The summed E-state index contributed by atoms with van der Waals surface area (Å²) in [5, 5.41) is 10.00. The maximum Gasteiger partial charge on any atom is 0.251 e. The molecule has 0 saturated heterocycles. The minimum absolute atomic E-state index is 0. The van der Waals surface area contributed by atoms with Gasteiger partial charge in [-0.1, -0.05) is 23.2 Å². The third-order valence-electron chi connectivity index (χ3n) is 3.33. The zero-order valence-corrected chi connectivity index (χ0v) is 19.1. The molecule has 1 amide bonds. The van der Waals surface area contributed by atoms with Gasteiger partial charge in [-0.3, -0.25) is 9.79 Å². The third kappa shape index (κ3) is 7.30. The monoisotopic (exact) mass is 526 g/mol. The van der Waals surface area contributed by atoms with Crippen molar-refractivity contribution in [1.29, 1.82) is 0 Å². The van der Waals surface area contributed by atoms with Gasteiger partial charge in [-0.25, -0.2) is 0 Å². The summed E-state index contributed by atoms with van der Waals surface area (Å²) in [5.74, 6) is 0.493. The van der Waals surface area contributed by atoms with Crippen LogP contribution in [0.5, 0.6) is 0 Å². The maximum atomic E-state index is 12.1. The number of rotatable bonds is 6. The van der Waals surface area contributed by atoms with Crippen LogP contribution in [0.15, 0.2) is 35.3 Å². The van der Waals surface area contributed by atoms with Gasteiger partial charge in [-0.15, -0.1) is 35.3 Å². The number of carbonyl (C=O) groups is 1. The molecule has 2 aromatic rings. The van der Waals surface area contributed by atoms with Gasteiger partial charge in [0.05, 0.1) is 16.6 Å². The number of aryl methyl sites for hydroxylation is 1. The van der Waals surface area contributed by atoms with E-state index < -0.39 is 0 Å². The van der Waals surface area contributed by atoms with Gasteiger partial charge in [-0.05, 0) is 37.3 Å². The Morgan fingerprint density at radius 2 is 1.81 bits per heavy atom. The highest BCUT2D eigenvalue weighted by atomic mass is 127. The summed E-state index contributed by atoms with van der Waals surface area (Å²) in [7, 11) is 1.71. The van der Waals surface area contributed by atoms with E-state index >= 15 is 0 Å². The van der Waals surface area contributed by atoms with Crippen LogP contribution in [0, 0.1) is 6.92 Å². The number of benzene rings is 1. The van der Waals surface area contributed by atoms with Crippen LogP contribution in [0.3, 0.4) is 0 Å². The molecule has 0 unspecified atom stereocenters. The van der Waals surface area contributed by atoms with E-state index in [1.54, 1.807) is 36.6 Å². The minimum Gasteiger partial charge on any atom is -0.355 e. The van der Waals surface area contributed by atoms with Crippen LogP contribution in [-0.2, 0) is 6.54 Å². The van der Waals surface area contributed by atoms with Crippen molar-refractivity contribution in [2.75, 3.05) is 20.1 Å². The second-order valence-corrected chi connectivity index (χ2v) is 7.44. The predicted molar refractivity (Wildman–Crippen MR) is 121 cm³/mol. The summed E-state index contributed by atoms with van der Waals surface area (Å²) in [6.07, 6.45) is 0. The molecule has 0 bridgehead atoms. The predicted octanol–water partition coefficient (Wildman–Crippen LogP) is 4.08. The number of hydrogen-bond acceptors (Lipinski definition) is 3. The number of aliphatic imine (C=N–C) groups is 1. The Morgan fingerprint density at radius 1 is 1.08 bits per heavy atom. The van der Waals surface area contributed by atoms with Crippen molar-refractivity contribution < 1.29 is 4.79 Å². The smallest absolute Gasteiger partial charge is 0.251 e. The third-order valence-corrected chi connectivity index (χ3v) is 5.07. The molecule has 3 N–H and O–H groups in total. The molecule has 5 nitrogen and oxygen atoms in total. The van der Waals surface area contributed by atoms with E-state index in [4.69, 9.17) is 23.2 Å². The molecule has 142 valence electrons. The van der Waals surface area contributed by atoms with Gasteiger partial charge in [0.1, 0.15) is 0 Å². The maximum absolute atomic E-state index is 12.1. The molecule has 9 heteroatoms. The SMILES string of the molecule is CN=C(NCCNC(=O)c1ccc(Cl)c(Cl)c1)NCc1ccc(C)s1.I. The Bertz CT molecular complexity index is 767. The topological polar surface area (TPSA) is 65.5 Å². The Morgan fingerprint density at radius 3 is 2.42 bits per heavy atom. The first-order valence-corrected chi connectivity index (χ1v) is 9.30. The van der Waals surface area contributed by atoms with Crippen molar-refractivity contribution >= 4 is 70.4 Å². The molecule has 1 aromatic carbocycles. The standard InChI is InChI=1S/C17H20Cl2N4OS.HI/c1-11-3-5-13(25-11)10-23-17(20-2)22-8-7-21-16(24)12-4-6-14(18)15(19)9-12;/h3-6,9H,7-8,10H2,1-2H3,(H,21,24)(H2,20,22,23);1H. The van der Waals surface area contributed by atoms with Crippen LogP contribution in [0.2, 0.25) is 10.0 Å². The molecule has 2 rings (SSSR count). The number of amides is 1. The zero-order chi connectivity index (χ0) is 18.2. The van der Waals surface area contributed by atoms with Crippen LogP contribution < -0.4 is 16.0 Å². The van der Waals surface area contributed by atoms with E-state index in [1.165, 1.54) is 9.75 Å². The number of hydrogen-bond donors (Lipinski definition) is 3. The minimum atomic E-state index is -0.197. The van der Waals surface area contributed by atoms with Gasteiger partial charge >= 0.3 is 0 Å². The van der Waals surface area contributed by atoms with E-state index in [9.17, 15) is 4.79 Å². The molecule has 0 spiro atoms. The molecule has 0 aliphatic rings. The second kappa shape index (κ2) is 11.6. The van der Waals surface area contributed by atoms with Gasteiger partial charge in [0.15, 0.2) is 5.96 Å². The summed E-state index contributed by atoms with van der Waals surface area (Å²) >= 11 is 13.5. The van der Waals surface area contributed by atoms with Gasteiger partial charge in [0.2, 0.25) is 0 Å². The molecule has 0 fully saturated rings. The Kier molecular flexibility index (Phi) is 10.3. The second-order valence-electron chi connectivity index (χ2n) is 5.25. The number of nitrogens with one attached hydrogen (secondary N) is 3. The number of thiophene rings is 1. The van der Waals surface area contributed by atoms with Crippen LogP contribution in [0.25, 0.3) is 0 Å². The number of nitrogens with zero attached hydrogens (tertiary/aromatic N) is 1. The normalized spacial score (nSPS) is 10.8. The highest BCUT2D eigenvalue weighted by molar-refractivity contribution is 14.0. The number of carbonyl (C=O) groups excluding carboxylic acids is 1.